The highest BCUT2D eigenvalue weighted by Gasteiger charge is 2.33. The minimum atomic E-state index is -0.794. The van der Waals surface area contributed by atoms with Crippen LogP contribution in [0, 0.1) is 16.0 Å². The van der Waals surface area contributed by atoms with Crippen molar-refractivity contribution in [2.24, 2.45) is 5.92 Å². The molecule has 1 fully saturated rings. The van der Waals surface area contributed by atoms with Gasteiger partial charge in [0.25, 0.3) is 0 Å². The quantitative estimate of drug-likeness (QED) is 0.451. The lowest BCUT2D eigenvalue weighted by Crippen LogP contribution is -2.45. The number of amides is 1. The maximum absolute atomic E-state index is 12.1. The second kappa shape index (κ2) is 8.84. The Morgan fingerprint density at radius 3 is 2.29 bits per heavy atom. The third-order valence-corrected chi connectivity index (χ3v) is 3.95. The number of carbonyl (C=O) groups is 2. The average Bonchev–Trinajstić information content (AvgIpc) is 2.45. The van der Waals surface area contributed by atoms with Crippen LogP contribution in [0.1, 0.15) is 59.8 Å². The molecule has 1 rings (SSSR count). The molecule has 0 aromatic heterocycles. The number of ether oxygens (including phenoxy) is 2. The van der Waals surface area contributed by atoms with E-state index >= 15 is 0 Å². The normalized spacial score (nSPS) is 22.3. The fraction of sp³-hybridized carbons (Fsp3) is 0.875. The van der Waals surface area contributed by atoms with Crippen LogP contribution >= 0.6 is 0 Å². The molecule has 1 unspecified atom stereocenters. The van der Waals surface area contributed by atoms with E-state index in [2.05, 4.69) is 5.32 Å². The summed E-state index contributed by atoms with van der Waals surface area (Å²) >= 11 is 0. The van der Waals surface area contributed by atoms with Crippen LogP contribution in [0.25, 0.3) is 0 Å². The first-order chi connectivity index (χ1) is 11.1. The Balaban J connectivity index is 2.61. The van der Waals surface area contributed by atoms with Crippen molar-refractivity contribution in [3.63, 3.8) is 0 Å². The van der Waals surface area contributed by atoms with E-state index in [1.54, 1.807) is 27.7 Å². The molecule has 8 nitrogen and oxygen atoms in total. The van der Waals surface area contributed by atoms with Gasteiger partial charge in [0.1, 0.15) is 11.6 Å². The number of rotatable bonds is 6. The molecule has 1 amide bonds. The number of nitro groups is 1. The Bertz CT molecular complexity index is 452. The molecule has 0 bridgehead atoms. The first-order valence-electron chi connectivity index (χ1n) is 8.42. The van der Waals surface area contributed by atoms with E-state index < -0.39 is 29.7 Å². The number of hydrogen-bond acceptors (Lipinski definition) is 6. The van der Waals surface area contributed by atoms with E-state index in [-0.39, 0.29) is 17.4 Å². The van der Waals surface area contributed by atoms with E-state index in [4.69, 9.17) is 9.47 Å². The van der Waals surface area contributed by atoms with Crippen molar-refractivity contribution < 1.29 is 24.0 Å². The Labute approximate surface area is 142 Å². The zero-order valence-corrected chi connectivity index (χ0v) is 14.9. The zero-order valence-electron chi connectivity index (χ0n) is 14.9. The van der Waals surface area contributed by atoms with Gasteiger partial charge >= 0.3 is 12.1 Å². The summed E-state index contributed by atoms with van der Waals surface area (Å²) in [6.07, 6.45) is 2.07. The lowest BCUT2D eigenvalue weighted by molar-refractivity contribution is -0.527. The molecule has 138 valence electrons. The van der Waals surface area contributed by atoms with E-state index in [0.717, 1.165) is 0 Å². The average molecular weight is 344 g/mol. The van der Waals surface area contributed by atoms with Crippen molar-refractivity contribution in [2.75, 3.05) is 6.61 Å². The summed E-state index contributed by atoms with van der Waals surface area (Å²) in [7, 11) is 0. The van der Waals surface area contributed by atoms with Crippen LogP contribution in [0.15, 0.2) is 0 Å². The van der Waals surface area contributed by atoms with Crippen molar-refractivity contribution in [1.29, 1.82) is 0 Å². The molecule has 1 N–H and O–H groups in total. The summed E-state index contributed by atoms with van der Waals surface area (Å²) in [5, 5.41) is 13.4. The van der Waals surface area contributed by atoms with Crippen molar-refractivity contribution in [2.45, 2.75) is 77.5 Å². The predicted molar refractivity (Wildman–Crippen MR) is 87.1 cm³/mol. The SMILES string of the molecule is CCOC(=O)C(CC1CCC([N+](=O)[O-])CC1)NC(=O)OC(C)(C)C. The molecular formula is C16H28N2O6. The molecule has 1 aliphatic rings. The maximum Gasteiger partial charge on any atom is 0.408 e. The second-order valence-corrected chi connectivity index (χ2v) is 7.15. The largest absolute Gasteiger partial charge is 0.464 e. The fourth-order valence-corrected chi connectivity index (χ4v) is 2.83. The van der Waals surface area contributed by atoms with Gasteiger partial charge in [0.2, 0.25) is 6.04 Å². The van der Waals surface area contributed by atoms with Crippen LogP contribution in [0.3, 0.4) is 0 Å². The van der Waals surface area contributed by atoms with Crippen LogP contribution in [0.2, 0.25) is 0 Å². The van der Waals surface area contributed by atoms with Crippen LogP contribution in [0.4, 0.5) is 4.79 Å². The molecule has 0 aromatic carbocycles. The summed E-state index contributed by atoms with van der Waals surface area (Å²) in [5.74, 6) is -0.356. The van der Waals surface area contributed by atoms with Gasteiger partial charge in [-0.15, -0.1) is 0 Å². The van der Waals surface area contributed by atoms with E-state index in [1.807, 2.05) is 0 Å². The molecule has 0 spiro atoms. The topological polar surface area (TPSA) is 108 Å². The van der Waals surface area contributed by atoms with Crippen molar-refractivity contribution in [1.82, 2.24) is 5.32 Å². The number of carbonyl (C=O) groups excluding carboxylic acids is 2. The van der Waals surface area contributed by atoms with Gasteiger partial charge in [0, 0.05) is 17.8 Å². The third-order valence-electron chi connectivity index (χ3n) is 3.95. The van der Waals surface area contributed by atoms with Gasteiger partial charge in [-0.1, -0.05) is 0 Å². The van der Waals surface area contributed by atoms with Gasteiger partial charge < -0.3 is 14.8 Å². The molecule has 0 saturated heterocycles. The second-order valence-electron chi connectivity index (χ2n) is 7.15. The third kappa shape index (κ3) is 7.14. The van der Waals surface area contributed by atoms with Gasteiger partial charge in [-0.3, -0.25) is 10.1 Å². The Morgan fingerprint density at radius 2 is 1.83 bits per heavy atom. The number of hydrogen-bond donors (Lipinski definition) is 1. The van der Waals surface area contributed by atoms with Crippen molar-refractivity contribution in [3.8, 4) is 0 Å². The number of alkyl carbamates (subject to hydrolysis) is 1. The van der Waals surface area contributed by atoms with E-state index in [1.165, 1.54) is 0 Å². The van der Waals surface area contributed by atoms with E-state index in [0.29, 0.717) is 32.1 Å². The van der Waals surface area contributed by atoms with Gasteiger partial charge in [-0.05, 0) is 52.9 Å². The predicted octanol–water partition coefficient (Wildman–Crippen LogP) is 2.67. The number of nitrogens with one attached hydrogen (secondary N) is 1. The van der Waals surface area contributed by atoms with Gasteiger partial charge in [-0.2, -0.15) is 0 Å². The molecule has 1 saturated carbocycles. The van der Waals surface area contributed by atoms with Crippen molar-refractivity contribution >= 4 is 12.1 Å². The summed E-state index contributed by atoms with van der Waals surface area (Å²) in [6.45, 7) is 7.14. The number of nitrogens with zero attached hydrogens (tertiary/aromatic N) is 1. The smallest absolute Gasteiger partial charge is 0.408 e. The first kappa shape index (κ1) is 20.2. The highest BCUT2D eigenvalue weighted by atomic mass is 16.6. The molecule has 8 heteroatoms. The minimum absolute atomic E-state index is 0.144. The summed E-state index contributed by atoms with van der Waals surface area (Å²) in [5.41, 5.74) is -0.660. The summed E-state index contributed by atoms with van der Waals surface area (Å²) < 4.78 is 10.2. The standard InChI is InChI=1S/C16H28N2O6/c1-5-23-14(19)13(17-15(20)24-16(2,3)4)10-11-6-8-12(9-7-11)18(21)22/h11-13H,5-10H2,1-4H3,(H,17,20). The van der Waals surface area contributed by atoms with Crippen LogP contribution in [0.5, 0.6) is 0 Å². The molecule has 0 radical (unpaired) electrons. The molecule has 0 heterocycles. The molecular weight excluding hydrogens is 316 g/mol. The zero-order chi connectivity index (χ0) is 18.3. The Kier molecular flexibility index (Phi) is 7.44. The minimum Gasteiger partial charge on any atom is -0.464 e. The molecule has 24 heavy (non-hydrogen) atoms. The molecule has 0 aromatic rings. The lowest BCUT2D eigenvalue weighted by atomic mass is 9.82. The Hall–Kier alpha value is -1.86. The molecule has 0 aliphatic heterocycles. The lowest BCUT2D eigenvalue weighted by Gasteiger charge is -2.28. The monoisotopic (exact) mass is 344 g/mol. The van der Waals surface area contributed by atoms with Crippen LogP contribution in [-0.4, -0.2) is 41.3 Å². The van der Waals surface area contributed by atoms with Gasteiger partial charge in [0.15, 0.2) is 0 Å². The number of esters is 1. The highest BCUT2D eigenvalue weighted by molar-refractivity contribution is 5.81. The van der Waals surface area contributed by atoms with E-state index in [9.17, 15) is 19.7 Å². The van der Waals surface area contributed by atoms with Crippen molar-refractivity contribution in [3.05, 3.63) is 10.1 Å². The van der Waals surface area contributed by atoms with Crippen LogP contribution in [-0.2, 0) is 14.3 Å². The first-order valence-corrected chi connectivity index (χ1v) is 8.42. The Morgan fingerprint density at radius 1 is 1.25 bits per heavy atom. The maximum atomic E-state index is 12.1. The molecule has 1 aliphatic carbocycles. The summed E-state index contributed by atoms with van der Waals surface area (Å²) in [6, 6.07) is -1.29. The van der Waals surface area contributed by atoms with Crippen LogP contribution < -0.4 is 5.32 Å². The van der Waals surface area contributed by atoms with Gasteiger partial charge in [0.05, 0.1) is 6.61 Å². The summed E-state index contributed by atoms with van der Waals surface area (Å²) in [4.78, 5) is 34.6. The fourth-order valence-electron chi connectivity index (χ4n) is 2.83. The van der Waals surface area contributed by atoms with Gasteiger partial charge in [-0.25, -0.2) is 9.59 Å². The molecule has 1 atom stereocenters. The highest BCUT2D eigenvalue weighted by Crippen LogP contribution is 2.29.